The van der Waals surface area contributed by atoms with Crippen molar-refractivity contribution in [1.29, 1.82) is 5.41 Å². The molecule has 1 aliphatic heterocycles. The van der Waals surface area contributed by atoms with Gasteiger partial charge in [0.2, 0.25) is 11.8 Å². The summed E-state index contributed by atoms with van der Waals surface area (Å²) in [6, 6.07) is 14.4. The minimum Gasteiger partial charge on any atom is -0.384 e. The minimum atomic E-state index is -0.467. The molecule has 0 aromatic heterocycles. The van der Waals surface area contributed by atoms with E-state index in [9.17, 15) is 9.59 Å². The van der Waals surface area contributed by atoms with Crippen LogP contribution < -0.4 is 26.8 Å². The van der Waals surface area contributed by atoms with Crippen LogP contribution in [0.5, 0.6) is 0 Å². The van der Waals surface area contributed by atoms with Gasteiger partial charge < -0.3 is 27.0 Å². The molecule has 10 heteroatoms. The number of piperazine rings is 1. The lowest BCUT2D eigenvalue weighted by atomic mass is 10.0. The summed E-state index contributed by atoms with van der Waals surface area (Å²) in [6.45, 7) is 3.17. The van der Waals surface area contributed by atoms with Gasteiger partial charge >= 0.3 is 0 Å². The molecule has 0 spiro atoms. The molecule has 1 saturated heterocycles. The standard InChI is InChI=1S/C23H31N7O2S/c24-8-7-21(31)28-18-5-2-6-19(15-18)33-29-20(23(32)30-11-9-27-10-12-30)14-16-3-1-4-17(13-16)22(25)26/h1-6,13,15,20,27,29H,7-12,14,24H2,(H3,25,26)(H,28,31)/t20-/m0/s1. The van der Waals surface area contributed by atoms with E-state index >= 15 is 0 Å². The number of nitrogens with zero attached hydrogens (tertiary/aromatic N) is 1. The van der Waals surface area contributed by atoms with Gasteiger partial charge in [0.25, 0.3) is 0 Å². The van der Waals surface area contributed by atoms with Crippen LogP contribution in [0.2, 0.25) is 0 Å². The number of nitrogens with two attached hydrogens (primary N) is 2. The van der Waals surface area contributed by atoms with Gasteiger partial charge in [-0.2, -0.15) is 0 Å². The quantitative estimate of drug-likeness (QED) is 0.172. The van der Waals surface area contributed by atoms with Gasteiger partial charge in [0.05, 0.1) is 0 Å². The highest BCUT2D eigenvalue weighted by Gasteiger charge is 2.26. The molecule has 33 heavy (non-hydrogen) atoms. The van der Waals surface area contributed by atoms with Crippen molar-refractivity contribution in [3.63, 3.8) is 0 Å². The van der Waals surface area contributed by atoms with E-state index in [1.807, 2.05) is 47.4 Å². The van der Waals surface area contributed by atoms with Crippen LogP contribution in [0.25, 0.3) is 0 Å². The van der Waals surface area contributed by atoms with E-state index in [0.29, 0.717) is 37.3 Å². The van der Waals surface area contributed by atoms with Crippen LogP contribution in [0.4, 0.5) is 5.69 Å². The molecule has 1 aliphatic rings. The number of anilines is 1. The first-order valence-electron chi connectivity index (χ1n) is 10.9. The molecular weight excluding hydrogens is 438 g/mol. The largest absolute Gasteiger partial charge is 0.384 e. The Hall–Kier alpha value is -2.92. The number of carbonyl (C=O) groups is 2. The van der Waals surface area contributed by atoms with Crippen molar-refractivity contribution in [3.8, 4) is 0 Å². The predicted octanol–water partition coefficient (Wildman–Crippen LogP) is 0.898. The Bertz CT molecular complexity index is 979. The Morgan fingerprint density at radius 2 is 1.91 bits per heavy atom. The number of nitrogens with one attached hydrogen (secondary N) is 4. The Morgan fingerprint density at radius 3 is 2.64 bits per heavy atom. The number of amidine groups is 1. The van der Waals surface area contributed by atoms with Crippen molar-refractivity contribution in [2.45, 2.75) is 23.8 Å². The van der Waals surface area contributed by atoms with Gasteiger partial charge in [-0.3, -0.25) is 15.0 Å². The van der Waals surface area contributed by atoms with E-state index in [-0.39, 0.29) is 24.1 Å². The molecule has 2 aromatic carbocycles. The highest BCUT2D eigenvalue weighted by molar-refractivity contribution is 7.97. The topological polar surface area (TPSA) is 149 Å². The summed E-state index contributed by atoms with van der Waals surface area (Å²) in [6.07, 6.45) is 0.722. The minimum absolute atomic E-state index is 0.00216. The Balaban J connectivity index is 1.72. The van der Waals surface area contributed by atoms with Gasteiger partial charge in [-0.1, -0.05) is 24.3 Å². The molecule has 176 valence electrons. The summed E-state index contributed by atoms with van der Waals surface area (Å²) in [5.74, 6) is -0.105. The van der Waals surface area contributed by atoms with Crippen molar-refractivity contribution >= 4 is 35.3 Å². The molecule has 1 heterocycles. The second-order valence-corrected chi connectivity index (χ2v) is 8.69. The van der Waals surface area contributed by atoms with Gasteiger partial charge in [0, 0.05) is 55.3 Å². The second-order valence-electron chi connectivity index (χ2n) is 7.78. The Morgan fingerprint density at radius 1 is 1.15 bits per heavy atom. The molecule has 8 N–H and O–H groups in total. The number of hydrogen-bond acceptors (Lipinski definition) is 7. The lowest BCUT2D eigenvalue weighted by Crippen LogP contribution is -2.52. The highest BCUT2D eigenvalue weighted by atomic mass is 32.2. The van der Waals surface area contributed by atoms with Gasteiger partial charge in [-0.15, -0.1) is 0 Å². The van der Waals surface area contributed by atoms with E-state index in [1.54, 1.807) is 6.07 Å². The van der Waals surface area contributed by atoms with E-state index in [1.165, 1.54) is 11.9 Å². The van der Waals surface area contributed by atoms with E-state index in [4.69, 9.17) is 16.9 Å². The lowest BCUT2D eigenvalue weighted by molar-refractivity contribution is -0.133. The molecular formula is C23H31N7O2S. The van der Waals surface area contributed by atoms with Crippen molar-refractivity contribution in [2.75, 3.05) is 38.0 Å². The third kappa shape index (κ3) is 7.57. The summed E-state index contributed by atoms with van der Waals surface area (Å²) in [5, 5.41) is 13.8. The average Bonchev–Trinajstić information content (AvgIpc) is 2.82. The molecule has 9 nitrogen and oxygen atoms in total. The number of benzene rings is 2. The zero-order valence-electron chi connectivity index (χ0n) is 18.5. The fraction of sp³-hybridized carbons (Fsp3) is 0.348. The number of hydrogen-bond donors (Lipinski definition) is 6. The highest BCUT2D eigenvalue weighted by Crippen LogP contribution is 2.21. The van der Waals surface area contributed by atoms with Crippen LogP contribution >= 0.6 is 11.9 Å². The molecule has 0 aliphatic carbocycles. The summed E-state index contributed by atoms with van der Waals surface area (Å²) in [4.78, 5) is 27.9. The van der Waals surface area contributed by atoms with Crippen LogP contribution in [0.15, 0.2) is 53.4 Å². The third-order valence-corrected chi connectivity index (χ3v) is 6.10. The summed E-state index contributed by atoms with van der Waals surface area (Å²) in [5.41, 5.74) is 13.3. The number of amides is 2. The maximum atomic E-state index is 13.3. The summed E-state index contributed by atoms with van der Waals surface area (Å²) >= 11 is 1.35. The smallest absolute Gasteiger partial charge is 0.241 e. The Kier molecular flexibility index (Phi) is 9.25. The monoisotopic (exact) mass is 469 g/mol. The fourth-order valence-corrected chi connectivity index (χ4v) is 4.31. The fourth-order valence-electron chi connectivity index (χ4n) is 3.52. The normalized spacial score (nSPS) is 14.5. The van der Waals surface area contributed by atoms with Crippen LogP contribution in [0.3, 0.4) is 0 Å². The average molecular weight is 470 g/mol. The second kappa shape index (κ2) is 12.4. The zero-order valence-corrected chi connectivity index (χ0v) is 19.3. The molecule has 0 unspecified atom stereocenters. The van der Waals surface area contributed by atoms with E-state index in [2.05, 4.69) is 15.4 Å². The lowest BCUT2D eigenvalue weighted by Gasteiger charge is -2.31. The molecule has 0 radical (unpaired) electrons. The van der Waals surface area contributed by atoms with Gasteiger partial charge in [0.1, 0.15) is 11.9 Å². The summed E-state index contributed by atoms with van der Waals surface area (Å²) < 4.78 is 3.32. The van der Waals surface area contributed by atoms with Crippen LogP contribution in [-0.2, 0) is 16.0 Å². The molecule has 0 saturated carbocycles. The maximum Gasteiger partial charge on any atom is 0.241 e. The van der Waals surface area contributed by atoms with Crippen LogP contribution in [0.1, 0.15) is 17.5 Å². The van der Waals surface area contributed by atoms with Crippen molar-refractivity contribution in [1.82, 2.24) is 14.9 Å². The first-order chi connectivity index (χ1) is 16.0. The van der Waals surface area contributed by atoms with Crippen molar-refractivity contribution in [2.24, 2.45) is 11.5 Å². The first-order valence-corrected chi connectivity index (χ1v) is 11.7. The molecule has 2 aromatic rings. The Labute approximate surface area is 198 Å². The maximum absolute atomic E-state index is 13.3. The number of carbonyl (C=O) groups excluding carboxylic acids is 2. The van der Waals surface area contributed by atoms with Gasteiger partial charge in [-0.25, -0.2) is 4.72 Å². The van der Waals surface area contributed by atoms with Crippen LogP contribution in [0, 0.1) is 5.41 Å². The first kappa shape index (κ1) is 24.7. The molecule has 3 rings (SSSR count). The molecule has 1 atom stereocenters. The molecule has 1 fully saturated rings. The van der Waals surface area contributed by atoms with Gasteiger partial charge in [0.15, 0.2) is 0 Å². The number of rotatable bonds is 10. The predicted molar refractivity (Wildman–Crippen MR) is 132 cm³/mol. The third-order valence-electron chi connectivity index (χ3n) is 5.21. The zero-order chi connectivity index (χ0) is 23.6. The van der Waals surface area contributed by atoms with Gasteiger partial charge in [-0.05, 0) is 48.2 Å². The molecule has 0 bridgehead atoms. The number of nitrogen functional groups attached to an aromatic ring is 1. The van der Waals surface area contributed by atoms with Crippen LogP contribution in [-0.4, -0.2) is 61.3 Å². The molecule has 2 amide bonds. The van der Waals surface area contributed by atoms with E-state index in [0.717, 1.165) is 23.5 Å². The van der Waals surface area contributed by atoms with E-state index < -0.39 is 6.04 Å². The SMILES string of the molecule is N=C(N)c1cccc(C[C@H](NSc2cccc(NC(=O)CCN)c2)C(=O)N2CCNCC2)c1. The van der Waals surface area contributed by atoms with Crippen molar-refractivity contribution < 1.29 is 9.59 Å². The van der Waals surface area contributed by atoms with Crippen molar-refractivity contribution in [3.05, 3.63) is 59.7 Å². The summed E-state index contributed by atoms with van der Waals surface area (Å²) in [7, 11) is 0.